The molecule has 0 atom stereocenters. The SMILES string of the molecule is O=C1CCCN1Cc1cccc(C(=O)N2CCN(Cc3cc(=O)n4ccsc4n3)CC2)c1. The topological polar surface area (TPSA) is 78.2 Å². The minimum atomic E-state index is -0.0597. The molecule has 0 radical (unpaired) electrons. The van der Waals surface area contributed by atoms with Crippen molar-refractivity contribution in [3.8, 4) is 0 Å². The zero-order valence-electron chi connectivity index (χ0n) is 17.8. The number of carbonyl (C=O) groups excluding carboxylic acids is 2. The number of aromatic nitrogens is 2. The van der Waals surface area contributed by atoms with Gasteiger partial charge in [-0.2, -0.15) is 0 Å². The van der Waals surface area contributed by atoms with Gasteiger partial charge in [0.15, 0.2) is 4.96 Å². The van der Waals surface area contributed by atoms with Crippen molar-refractivity contribution >= 4 is 28.1 Å². The molecule has 0 spiro atoms. The van der Waals surface area contributed by atoms with Crippen LogP contribution in [0.2, 0.25) is 0 Å². The molecule has 2 aliphatic rings. The molecule has 9 heteroatoms. The summed E-state index contributed by atoms with van der Waals surface area (Å²) >= 11 is 1.45. The van der Waals surface area contributed by atoms with Gasteiger partial charge >= 0.3 is 0 Å². The second-order valence-corrected chi connectivity index (χ2v) is 9.20. The van der Waals surface area contributed by atoms with Gasteiger partial charge in [-0.05, 0) is 24.1 Å². The Hall–Kier alpha value is -3.04. The Morgan fingerprint density at radius 1 is 1.03 bits per heavy atom. The Morgan fingerprint density at radius 3 is 2.66 bits per heavy atom. The summed E-state index contributed by atoms with van der Waals surface area (Å²) in [5.74, 6) is 0.212. The third kappa shape index (κ3) is 4.31. The number of fused-ring (bicyclic) bond motifs is 1. The second kappa shape index (κ2) is 8.84. The average molecular weight is 452 g/mol. The molecule has 2 aromatic heterocycles. The number of likely N-dealkylation sites (tertiary alicyclic amines) is 1. The van der Waals surface area contributed by atoms with Crippen molar-refractivity contribution in [1.82, 2.24) is 24.1 Å². The number of piperazine rings is 1. The first kappa shape index (κ1) is 20.8. The number of thiazole rings is 1. The van der Waals surface area contributed by atoms with E-state index < -0.39 is 0 Å². The van der Waals surface area contributed by atoms with Crippen LogP contribution in [0.3, 0.4) is 0 Å². The standard InChI is InChI=1S/C23H25N5O3S/c29-20-5-2-6-27(20)15-17-3-1-4-18(13-17)22(31)26-9-7-25(8-10-26)16-19-14-21(30)28-11-12-32-23(28)24-19/h1,3-4,11-14H,2,5-10,15-16H2. The van der Waals surface area contributed by atoms with Gasteiger partial charge in [0.1, 0.15) is 0 Å². The maximum Gasteiger partial charge on any atom is 0.258 e. The lowest BCUT2D eigenvalue weighted by molar-refractivity contribution is -0.128. The quantitative estimate of drug-likeness (QED) is 0.592. The van der Waals surface area contributed by atoms with Crippen LogP contribution in [0.15, 0.2) is 46.7 Å². The predicted molar refractivity (Wildman–Crippen MR) is 122 cm³/mol. The van der Waals surface area contributed by atoms with Crippen molar-refractivity contribution in [2.45, 2.75) is 25.9 Å². The first-order valence-electron chi connectivity index (χ1n) is 10.9. The number of rotatable bonds is 5. The van der Waals surface area contributed by atoms with Crippen molar-refractivity contribution in [2.24, 2.45) is 0 Å². The van der Waals surface area contributed by atoms with Gasteiger partial charge in [-0.15, -0.1) is 11.3 Å². The number of hydrogen-bond donors (Lipinski definition) is 0. The average Bonchev–Trinajstić information content (AvgIpc) is 3.43. The molecule has 0 aliphatic carbocycles. The van der Waals surface area contributed by atoms with Gasteiger partial charge in [-0.3, -0.25) is 23.7 Å². The Kier molecular flexibility index (Phi) is 5.75. The molecule has 2 saturated heterocycles. The highest BCUT2D eigenvalue weighted by molar-refractivity contribution is 7.15. The predicted octanol–water partition coefficient (Wildman–Crippen LogP) is 1.84. The van der Waals surface area contributed by atoms with Crippen LogP contribution in [-0.2, 0) is 17.9 Å². The van der Waals surface area contributed by atoms with Crippen molar-refractivity contribution in [2.75, 3.05) is 32.7 Å². The summed E-state index contributed by atoms with van der Waals surface area (Å²) in [6.07, 6.45) is 3.27. The zero-order valence-corrected chi connectivity index (χ0v) is 18.6. The van der Waals surface area contributed by atoms with E-state index in [4.69, 9.17) is 0 Å². The van der Waals surface area contributed by atoms with Gasteiger partial charge in [0, 0.05) is 75.4 Å². The summed E-state index contributed by atoms with van der Waals surface area (Å²) in [6, 6.07) is 9.21. The fraction of sp³-hybridized carbons (Fsp3) is 0.391. The van der Waals surface area contributed by atoms with Crippen LogP contribution in [0.1, 0.15) is 34.5 Å². The summed E-state index contributed by atoms with van der Waals surface area (Å²) < 4.78 is 1.55. The lowest BCUT2D eigenvalue weighted by Gasteiger charge is -2.34. The Morgan fingerprint density at radius 2 is 1.88 bits per heavy atom. The fourth-order valence-electron chi connectivity index (χ4n) is 4.38. The summed E-state index contributed by atoms with van der Waals surface area (Å²) in [5, 5.41) is 1.86. The molecule has 0 N–H and O–H groups in total. The molecule has 0 bridgehead atoms. The molecule has 4 heterocycles. The van der Waals surface area contributed by atoms with Crippen LogP contribution in [0.5, 0.6) is 0 Å². The van der Waals surface area contributed by atoms with E-state index in [-0.39, 0.29) is 17.4 Å². The van der Waals surface area contributed by atoms with Crippen molar-refractivity contribution in [1.29, 1.82) is 0 Å². The minimum Gasteiger partial charge on any atom is -0.338 e. The first-order valence-corrected chi connectivity index (χ1v) is 11.8. The van der Waals surface area contributed by atoms with Crippen LogP contribution in [-0.4, -0.2) is 68.6 Å². The van der Waals surface area contributed by atoms with Gasteiger partial charge in [0.05, 0.1) is 5.69 Å². The molecule has 5 rings (SSSR count). The molecule has 32 heavy (non-hydrogen) atoms. The van der Waals surface area contributed by atoms with Crippen molar-refractivity contribution in [3.63, 3.8) is 0 Å². The Balaban J connectivity index is 1.19. The molecular weight excluding hydrogens is 426 g/mol. The molecule has 2 amide bonds. The van der Waals surface area contributed by atoms with Gasteiger partial charge < -0.3 is 9.80 Å². The molecule has 2 fully saturated rings. The van der Waals surface area contributed by atoms with Gasteiger partial charge in [-0.1, -0.05) is 12.1 Å². The van der Waals surface area contributed by atoms with Crippen molar-refractivity contribution in [3.05, 3.63) is 69.1 Å². The summed E-state index contributed by atoms with van der Waals surface area (Å²) in [6.45, 7) is 4.69. The highest BCUT2D eigenvalue weighted by atomic mass is 32.1. The van der Waals surface area contributed by atoms with Crippen LogP contribution < -0.4 is 5.56 Å². The summed E-state index contributed by atoms with van der Waals surface area (Å²) in [5.41, 5.74) is 2.36. The number of hydrogen-bond acceptors (Lipinski definition) is 6. The molecule has 2 aliphatic heterocycles. The maximum absolute atomic E-state index is 13.1. The van der Waals surface area contributed by atoms with E-state index in [1.165, 1.54) is 11.3 Å². The number of amides is 2. The van der Waals surface area contributed by atoms with Gasteiger partial charge in [0.25, 0.3) is 11.5 Å². The van der Waals surface area contributed by atoms with Crippen molar-refractivity contribution < 1.29 is 9.59 Å². The first-order chi connectivity index (χ1) is 15.6. The molecule has 8 nitrogen and oxygen atoms in total. The maximum atomic E-state index is 13.1. The van der Waals surface area contributed by atoms with Gasteiger partial charge in [-0.25, -0.2) is 4.98 Å². The molecule has 166 valence electrons. The van der Waals surface area contributed by atoms with E-state index in [2.05, 4.69) is 9.88 Å². The van der Waals surface area contributed by atoms with E-state index in [1.807, 2.05) is 39.4 Å². The third-order valence-corrected chi connectivity index (χ3v) is 6.88. The minimum absolute atomic E-state index is 0.0237. The van der Waals surface area contributed by atoms with E-state index in [1.54, 1.807) is 16.7 Å². The lowest BCUT2D eigenvalue weighted by atomic mass is 10.1. The number of nitrogens with zero attached hydrogens (tertiary/aromatic N) is 5. The van der Waals surface area contributed by atoms with E-state index in [0.29, 0.717) is 43.1 Å². The molecule has 0 unspecified atom stereocenters. The monoisotopic (exact) mass is 451 g/mol. The summed E-state index contributed by atoms with van der Waals surface area (Å²) in [4.78, 5) is 48.4. The van der Waals surface area contributed by atoms with Crippen LogP contribution in [0, 0.1) is 0 Å². The second-order valence-electron chi connectivity index (χ2n) is 8.33. The van der Waals surface area contributed by atoms with E-state index >= 15 is 0 Å². The Labute approximate surface area is 189 Å². The van der Waals surface area contributed by atoms with E-state index in [0.717, 1.165) is 37.3 Å². The third-order valence-electron chi connectivity index (χ3n) is 6.12. The number of carbonyl (C=O) groups is 2. The largest absolute Gasteiger partial charge is 0.338 e. The fourth-order valence-corrected chi connectivity index (χ4v) is 5.12. The highest BCUT2D eigenvalue weighted by Crippen LogP contribution is 2.17. The van der Waals surface area contributed by atoms with Crippen LogP contribution in [0.4, 0.5) is 0 Å². The molecule has 0 saturated carbocycles. The van der Waals surface area contributed by atoms with Gasteiger partial charge in [0.2, 0.25) is 5.91 Å². The molecular formula is C23H25N5O3S. The van der Waals surface area contributed by atoms with E-state index in [9.17, 15) is 14.4 Å². The molecule has 3 aromatic rings. The summed E-state index contributed by atoms with van der Waals surface area (Å²) in [7, 11) is 0. The smallest absolute Gasteiger partial charge is 0.258 e. The zero-order chi connectivity index (χ0) is 22.1. The normalized spacial score (nSPS) is 17.4. The highest BCUT2D eigenvalue weighted by Gasteiger charge is 2.24. The number of benzene rings is 1. The lowest BCUT2D eigenvalue weighted by Crippen LogP contribution is -2.48. The molecule has 1 aromatic carbocycles. The van der Waals surface area contributed by atoms with Crippen LogP contribution in [0.25, 0.3) is 4.96 Å². The Bertz CT molecular complexity index is 1210. The van der Waals surface area contributed by atoms with Crippen LogP contribution >= 0.6 is 11.3 Å².